The first-order valence-corrected chi connectivity index (χ1v) is 7.46. The Hall–Kier alpha value is -1.13. The van der Waals surface area contributed by atoms with Gasteiger partial charge in [0.2, 0.25) is 0 Å². The first-order chi connectivity index (χ1) is 9.30. The molecule has 0 amide bonds. The van der Waals surface area contributed by atoms with Crippen LogP contribution in [0.2, 0.25) is 0 Å². The number of aryl methyl sites for hydroxylation is 1. The van der Waals surface area contributed by atoms with E-state index in [4.69, 9.17) is 0 Å². The van der Waals surface area contributed by atoms with Crippen molar-refractivity contribution in [2.24, 2.45) is 0 Å². The van der Waals surface area contributed by atoms with Gasteiger partial charge in [0.05, 0.1) is 6.54 Å². The number of rotatable bonds is 3. The molecule has 20 heavy (non-hydrogen) atoms. The fourth-order valence-corrected chi connectivity index (χ4v) is 3.23. The van der Waals surface area contributed by atoms with Gasteiger partial charge in [-0.3, -0.25) is 9.69 Å². The number of hydrogen-bond acceptors (Lipinski definition) is 3. The first-order valence-electron chi connectivity index (χ1n) is 7.46. The van der Waals surface area contributed by atoms with Crippen LogP contribution in [0.15, 0.2) is 6.07 Å². The zero-order valence-electron chi connectivity index (χ0n) is 13.4. The van der Waals surface area contributed by atoms with Crippen molar-refractivity contribution in [3.8, 4) is 0 Å². The lowest BCUT2D eigenvalue weighted by atomic mass is 10.1. The molecule has 1 saturated heterocycles. The summed E-state index contributed by atoms with van der Waals surface area (Å²) in [4.78, 5) is 14.8. The van der Waals surface area contributed by atoms with Crippen LogP contribution in [0, 0.1) is 13.8 Å². The molecule has 1 aliphatic heterocycles. The Morgan fingerprint density at radius 1 is 1.25 bits per heavy atom. The van der Waals surface area contributed by atoms with Crippen molar-refractivity contribution in [1.82, 2.24) is 14.8 Å². The maximum absolute atomic E-state index is 12.6. The van der Waals surface area contributed by atoms with Gasteiger partial charge in [0, 0.05) is 48.7 Å². The Bertz CT molecular complexity index is 491. The summed E-state index contributed by atoms with van der Waals surface area (Å²) in [5.41, 5.74) is 3.16. The lowest BCUT2D eigenvalue weighted by Crippen LogP contribution is -2.45. The molecule has 0 spiro atoms. The minimum absolute atomic E-state index is 0.0156. The third-order valence-corrected chi connectivity index (χ3v) is 3.98. The molecule has 0 aromatic carbocycles. The summed E-state index contributed by atoms with van der Waals surface area (Å²) >= 11 is 0. The summed E-state index contributed by atoms with van der Waals surface area (Å²) in [7, 11) is 0. The second-order valence-electron chi connectivity index (χ2n) is 6.74. The quantitative estimate of drug-likeness (QED) is 0.858. The van der Waals surface area contributed by atoms with Crippen LogP contribution in [0.25, 0.3) is 0 Å². The fraction of sp³-hybridized carbons (Fsp3) is 0.688. The standard InChI is InChI=1S/C16H27N3O/c1-12-10-14(13(2)19(12)16(3,4)5)15(20)11-18-8-6-17-7-9-18/h10,17H,6-9,11H2,1-5H3. The van der Waals surface area contributed by atoms with Gasteiger partial charge in [-0.15, -0.1) is 0 Å². The molecule has 0 unspecified atom stereocenters. The molecule has 2 rings (SSSR count). The Kier molecular flexibility index (Phi) is 4.35. The molecule has 112 valence electrons. The van der Waals surface area contributed by atoms with Gasteiger partial charge < -0.3 is 9.88 Å². The highest BCUT2D eigenvalue weighted by atomic mass is 16.1. The third kappa shape index (κ3) is 3.13. The normalized spacial score (nSPS) is 17.4. The lowest BCUT2D eigenvalue weighted by molar-refractivity contribution is 0.0920. The molecule has 1 aromatic heterocycles. The maximum atomic E-state index is 12.6. The molecule has 0 radical (unpaired) electrons. The molecule has 4 nitrogen and oxygen atoms in total. The van der Waals surface area contributed by atoms with Crippen molar-refractivity contribution < 1.29 is 4.79 Å². The zero-order chi connectivity index (χ0) is 14.9. The Morgan fingerprint density at radius 3 is 2.35 bits per heavy atom. The zero-order valence-corrected chi connectivity index (χ0v) is 13.4. The van der Waals surface area contributed by atoms with Crippen LogP contribution in [-0.2, 0) is 5.54 Å². The number of Topliss-reactive ketones (excluding diaryl/α,β-unsaturated/α-hetero) is 1. The Morgan fingerprint density at radius 2 is 1.85 bits per heavy atom. The molecular formula is C16H27N3O. The van der Waals surface area contributed by atoms with Crippen molar-refractivity contribution in [1.29, 1.82) is 0 Å². The summed E-state index contributed by atoms with van der Waals surface area (Å²) in [5, 5.41) is 3.32. The largest absolute Gasteiger partial charge is 0.343 e. The highest BCUT2D eigenvalue weighted by Gasteiger charge is 2.23. The van der Waals surface area contributed by atoms with Crippen molar-refractivity contribution in [3.05, 3.63) is 23.0 Å². The molecule has 2 heterocycles. The molecule has 1 aliphatic rings. The molecule has 1 aromatic rings. The monoisotopic (exact) mass is 277 g/mol. The summed E-state index contributed by atoms with van der Waals surface area (Å²) in [6, 6.07) is 2.05. The van der Waals surface area contributed by atoms with Crippen LogP contribution in [0.5, 0.6) is 0 Å². The van der Waals surface area contributed by atoms with Crippen LogP contribution in [0.4, 0.5) is 0 Å². The van der Waals surface area contributed by atoms with E-state index in [9.17, 15) is 4.79 Å². The highest BCUT2D eigenvalue weighted by molar-refractivity contribution is 5.99. The van der Waals surface area contributed by atoms with E-state index >= 15 is 0 Å². The minimum atomic E-state index is 0.0156. The topological polar surface area (TPSA) is 37.3 Å². The van der Waals surface area contributed by atoms with E-state index in [0.29, 0.717) is 6.54 Å². The maximum Gasteiger partial charge on any atom is 0.178 e. The summed E-state index contributed by atoms with van der Waals surface area (Å²) in [6.07, 6.45) is 0. The average molecular weight is 277 g/mol. The number of ketones is 1. The number of aromatic nitrogens is 1. The minimum Gasteiger partial charge on any atom is -0.343 e. The van der Waals surface area contributed by atoms with E-state index in [1.165, 1.54) is 5.69 Å². The smallest absolute Gasteiger partial charge is 0.178 e. The second-order valence-corrected chi connectivity index (χ2v) is 6.74. The number of carbonyl (C=O) groups excluding carboxylic acids is 1. The molecule has 0 bridgehead atoms. The number of piperazine rings is 1. The van der Waals surface area contributed by atoms with Crippen molar-refractivity contribution in [3.63, 3.8) is 0 Å². The fourth-order valence-electron chi connectivity index (χ4n) is 3.23. The summed E-state index contributed by atoms with van der Waals surface area (Å²) < 4.78 is 2.26. The number of nitrogens with zero attached hydrogens (tertiary/aromatic N) is 2. The molecule has 0 saturated carbocycles. The van der Waals surface area contributed by atoms with E-state index in [-0.39, 0.29) is 11.3 Å². The number of carbonyl (C=O) groups is 1. The first kappa shape index (κ1) is 15.3. The van der Waals surface area contributed by atoms with Crippen LogP contribution in [0.3, 0.4) is 0 Å². The van der Waals surface area contributed by atoms with Crippen LogP contribution < -0.4 is 5.32 Å². The third-order valence-electron chi connectivity index (χ3n) is 3.98. The molecule has 0 aliphatic carbocycles. The van der Waals surface area contributed by atoms with E-state index in [1.807, 2.05) is 6.07 Å². The predicted molar refractivity (Wildman–Crippen MR) is 82.5 cm³/mol. The van der Waals surface area contributed by atoms with Gasteiger partial charge >= 0.3 is 0 Å². The van der Waals surface area contributed by atoms with Crippen LogP contribution >= 0.6 is 0 Å². The number of nitrogens with one attached hydrogen (secondary N) is 1. The molecule has 4 heteroatoms. The van der Waals surface area contributed by atoms with Crippen molar-refractivity contribution in [2.75, 3.05) is 32.7 Å². The lowest BCUT2D eigenvalue weighted by Gasteiger charge is -2.27. The Balaban J connectivity index is 2.18. The summed E-state index contributed by atoms with van der Waals surface area (Å²) in [6.45, 7) is 15.1. The molecule has 1 N–H and O–H groups in total. The van der Waals surface area contributed by atoms with E-state index in [1.54, 1.807) is 0 Å². The van der Waals surface area contributed by atoms with Gasteiger partial charge in [-0.25, -0.2) is 0 Å². The summed E-state index contributed by atoms with van der Waals surface area (Å²) in [5.74, 6) is 0.246. The molecule has 0 atom stereocenters. The van der Waals surface area contributed by atoms with Gasteiger partial charge in [0.1, 0.15) is 0 Å². The van der Waals surface area contributed by atoms with Crippen LogP contribution in [0.1, 0.15) is 42.5 Å². The van der Waals surface area contributed by atoms with Crippen LogP contribution in [-0.4, -0.2) is 48.0 Å². The van der Waals surface area contributed by atoms with E-state index in [2.05, 4.69) is 49.4 Å². The number of hydrogen-bond donors (Lipinski definition) is 1. The van der Waals surface area contributed by atoms with Gasteiger partial charge in [-0.1, -0.05) is 0 Å². The average Bonchev–Trinajstić information content (AvgIpc) is 2.65. The van der Waals surface area contributed by atoms with Gasteiger partial charge in [0.15, 0.2) is 5.78 Å². The van der Waals surface area contributed by atoms with Crippen molar-refractivity contribution in [2.45, 2.75) is 40.2 Å². The van der Waals surface area contributed by atoms with E-state index in [0.717, 1.165) is 37.4 Å². The molecular weight excluding hydrogens is 250 g/mol. The highest BCUT2D eigenvalue weighted by Crippen LogP contribution is 2.24. The van der Waals surface area contributed by atoms with Gasteiger partial charge in [-0.05, 0) is 40.7 Å². The Labute approximate surface area is 122 Å². The molecule has 1 fully saturated rings. The second kappa shape index (κ2) is 5.70. The van der Waals surface area contributed by atoms with Gasteiger partial charge in [0.25, 0.3) is 0 Å². The van der Waals surface area contributed by atoms with Gasteiger partial charge in [-0.2, -0.15) is 0 Å². The predicted octanol–water partition coefficient (Wildman–Crippen LogP) is 1.95. The van der Waals surface area contributed by atoms with Crippen molar-refractivity contribution >= 4 is 5.78 Å². The SMILES string of the molecule is Cc1cc(C(=O)CN2CCNCC2)c(C)n1C(C)(C)C. The van der Waals surface area contributed by atoms with E-state index < -0.39 is 0 Å².